The summed E-state index contributed by atoms with van der Waals surface area (Å²) in [5.74, 6) is -0.571. The summed E-state index contributed by atoms with van der Waals surface area (Å²) in [4.78, 5) is 13.3. The monoisotopic (exact) mass is 426 g/mol. The minimum Gasteiger partial charge on any atom is -0.508 e. The van der Waals surface area contributed by atoms with Crippen LogP contribution >= 0.6 is 0 Å². The van der Waals surface area contributed by atoms with Crippen LogP contribution in [0.25, 0.3) is 21.9 Å². The Balaban J connectivity index is 1.80. The minimum atomic E-state index is -0.457. The molecule has 2 aromatic carbocycles. The van der Waals surface area contributed by atoms with Crippen molar-refractivity contribution in [2.45, 2.75) is 51.7 Å². The molecule has 7 heteroatoms. The van der Waals surface area contributed by atoms with Crippen molar-refractivity contribution in [2.75, 3.05) is 7.11 Å². The molecule has 1 aromatic heterocycles. The predicted molar refractivity (Wildman–Crippen MR) is 117 cm³/mol. The van der Waals surface area contributed by atoms with E-state index in [2.05, 4.69) is 13.8 Å². The summed E-state index contributed by atoms with van der Waals surface area (Å²) in [5, 5.41) is 30.6. The number of allylic oxidation sites excluding steroid dienone is 2. The van der Waals surface area contributed by atoms with E-state index in [1.54, 1.807) is 0 Å². The minimum absolute atomic E-state index is 0.0317. The van der Waals surface area contributed by atoms with Gasteiger partial charge in [-0.2, -0.15) is 0 Å². The molecule has 0 bridgehead atoms. The number of phenolic OH excluding ortho intramolecular Hbond substituents is 3. The van der Waals surface area contributed by atoms with E-state index in [9.17, 15) is 20.1 Å². The summed E-state index contributed by atoms with van der Waals surface area (Å²) in [7, 11) is 1.42. The molecule has 4 rings (SSSR count). The lowest BCUT2D eigenvalue weighted by Gasteiger charge is -2.13. The Morgan fingerprint density at radius 1 is 1.13 bits per heavy atom. The maximum absolute atomic E-state index is 13.3. The Bertz CT molecular complexity index is 1270. The van der Waals surface area contributed by atoms with E-state index in [4.69, 9.17) is 13.9 Å². The van der Waals surface area contributed by atoms with E-state index >= 15 is 0 Å². The van der Waals surface area contributed by atoms with Gasteiger partial charge in [0.15, 0.2) is 11.5 Å². The summed E-state index contributed by atoms with van der Waals surface area (Å²) in [6.07, 6.45) is 4.35. The molecule has 1 aliphatic rings. The van der Waals surface area contributed by atoms with Crippen molar-refractivity contribution < 1.29 is 29.2 Å². The van der Waals surface area contributed by atoms with Crippen LogP contribution in [0.2, 0.25) is 0 Å². The molecule has 31 heavy (non-hydrogen) atoms. The molecular weight excluding hydrogens is 400 g/mol. The summed E-state index contributed by atoms with van der Waals surface area (Å²) < 4.78 is 16.8. The number of methoxy groups -OCH3 is 1. The number of hydrogen-bond donors (Lipinski definition) is 3. The van der Waals surface area contributed by atoms with Crippen molar-refractivity contribution >= 4 is 21.9 Å². The van der Waals surface area contributed by atoms with Crippen LogP contribution in [0, 0.1) is 0 Å². The smallest absolute Gasteiger partial charge is 0.204 e. The topological polar surface area (TPSA) is 113 Å². The number of aromatic hydroxyl groups is 3. The van der Waals surface area contributed by atoms with E-state index in [-0.39, 0.29) is 56.6 Å². The Morgan fingerprint density at radius 2 is 1.81 bits per heavy atom. The van der Waals surface area contributed by atoms with Crippen LogP contribution in [0.5, 0.6) is 23.0 Å². The van der Waals surface area contributed by atoms with Crippen molar-refractivity contribution in [2.24, 2.45) is 0 Å². The molecule has 1 unspecified atom stereocenters. The summed E-state index contributed by atoms with van der Waals surface area (Å²) in [5.41, 5.74) is 1.27. The van der Waals surface area contributed by atoms with Crippen LogP contribution < -0.4 is 10.2 Å². The SMILES string of the molecule is COc1c(O)cc2oc3cc(O)cc(O)c3c(=O)c2c1C/C=C(\C)CCC1OC1(C)C. The highest BCUT2D eigenvalue weighted by molar-refractivity contribution is 5.96. The Morgan fingerprint density at radius 3 is 2.45 bits per heavy atom. The lowest BCUT2D eigenvalue weighted by Crippen LogP contribution is -2.07. The Kier molecular flexibility index (Phi) is 5.09. The van der Waals surface area contributed by atoms with Gasteiger partial charge in [-0.25, -0.2) is 0 Å². The van der Waals surface area contributed by atoms with Gasteiger partial charge >= 0.3 is 0 Å². The number of phenols is 3. The fourth-order valence-electron chi connectivity index (χ4n) is 4.05. The first-order chi connectivity index (χ1) is 14.6. The normalized spacial score (nSPS) is 17.9. The first-order valence-corrected chi connectivity index (χ1v) is 10.2. The largest absolute Gasteiger partial charge is 0.508 e. The van der Waals surface area contributed by atoms with Crippen LogP contribution in [0.1, 0.15) is 39.2 Å². The molecule has 7 nitrogen and oxygen atoms in total. The Labute approximate surface area is 179 Å². The van der Waals surface area contributed by atoms with E-state index in [0.717, 1.165) is 24.5 Å². The molecule has 2 heterocycles. The van der Waals surface area contributed by atoms with E-state index in [0.29, 0.717) is 12.0 Å². The summed E-state index contributed by atoms with van der Waals surface area (Å²) in [6, 6.07) is 3.65. The lowest BCUT2D eigenvalue weighted by molar-refractivity contribution is 0.320. The standard InChI is InChI=1S/C24H26O7/c1-12(6-8-19-24(2,3)31-19)5-7-14-20-18(11-16(27)23(14)29-4)30-17-10-13(25)9-15(26)21(17)22(20)28/h5,9-11,19,25-27H,6-8H2,1-4H3/b12-5+. The van der Waals surface area contributed by atoms with Crippen molar-refractivity contribution in [3.05, 3.63) is 45.6 Å². The molecule has 0 aliphatic carbocycles. The van der Waals surface area contributed by atoms with Gasteiger partial charge in [-0.1, -0.05) is 11.6 Å². The van der Waals surface area contributed by atoms with Crippen LogP contribution in [0.3, 0.4) is 0 Å². The highest BCUT2D eigenvalue weighted by atomic mass is 16.6. The zero-order chi connectivity index (χ0) is 22.5. The zero-order valence-corrected chi connectivity index (χ0v) is 18.0. The molecule has 0 spiro atoms. The van der Waals surface area contributed by atoms with Crippen LogP contribution in [-0.4, -0.2) is 34.1 Å². The average molecular weight is 426 g/mol. The highest BCUT2D eigenvalue weighted by Crippen LogP contribution is 2.40. The molecule has 1 saturated heterocycles. The number of epoxide rings is 1. The van der Waals surface area contributed by atoms with Gasteiger partial charge in [0.25, 0.3) is 0 Å². The number of rotatable bonds is 6. The molecule has 0 radical (unpaired) electrons. The second-order valence-electron chi connectivity index (χ2n) is 8.55. The van der Waals surface area contributed by atoms with Gasteiger partial charge in [-0.05, 0) is 40.0 Å². The van der Waals surface area contributed by atoms with Crippen LogP contribution in [0.4, 0.5) is 0 Å². The molecule has 0 saturated carbocycles. The van der Waals surface area contributed by atoms with E-state index in [1.807, 2.05) is 13.0 Å². The predicted octanol–water partition coefficient (Wildman–Crippen LogP) is 4.52. The number of fused-ring (bicyclic) bond motifs is 2. The number of hydrogen-bond acceptors (Lipinski definition) is 7. The lowest BCUT2D eigenvalue weighted by atomic mass is 9.98. The van der Waals surface area contributed by atoms with Crippen molar-refractivity contribution in [3.63, 3.8) is 0 Å². The zero-order valence-electron chi connectivity index (χ0n) is 18.0. The third kappa shape index (κ3) is 3.81. The quantitative estimate of drug-likeness (QED) is 0.302. The molecular formula is C24H26O7. The second kappa shape index (κ2) is 7.50. The molecule has 1 aliphatic heterocycles. The first-order valence-electron chi connectivity index (χ1n) is 10.2. The van der Waals surface area contributed by atoms with Gasteiger partial charge in [0, 0.05) is 23.8 Å². The van der Waals surface area contributed by atoms with E-state index < -0.39 is 5.43 Å². The average Bonchev–Trinajstić information content (AvgIpc) is 3.29. The third-order valence-electron chi connectivity index (χ3n) is 5.89. The van der Waals surface area contributed by atoms with Crippen molar-refractivity contribution in [1.29, 1.82) is 0 Å². The highest BCUT2D eigenvalue weighted by Gasteiger charge is 2.46. The maximum Gasteiger partial charge on any atom is 0.204 e. The van der Waals surface area contributed by atoms with Crippen molar-refractivity contribution in [3.8, 4) is 23.0 Å². The van der Waals surface area contributed by atoms with Crippen LogP contribution in [-0.2, 0) is 11.2 Å². The number of benzene rings is 2. The maximum atomic E-state index is 13.3. The molecule has 164 valence electrons. The molecule has 0 amide bonds. The molecule has 3 aromatic rings. The molecule has 1 atom stereocenters. The fraction of sp³-hybridized carbons (Fsp3) is 0.375. The van der Waals surface area contributed by atoms with Gasteiger partial charge in [0.1, 0.15) is 28.1 Å². The van der Waals surface area contributed by atoms with Gasteiger partial charge < -0.3 is 29.2 Å². The van der Waals surface area contributed by atoms with Crippen molar-refractivity contribution in [1.82, 2.24) is 0 Å². The third-order valence-corrected chi connectivity index (χ3v) is 5.89. The Hall–Kier alpha value is -3.19. The summed E-state index contributed by atoms with van der Waals surface area (Å²) >= 11 is 0. The fourth-order valence-corrected chi connectivity index (χ4v) is 4.05. The molecule has 3 N–H and O–H groups in total. The van der Waals surface area contributed by atoms with Gasteiger partial charge in [0.2, 0.25) is 5.43 Å². The van der Waals surface area contributed by atoms with Crippen LogP contribution in [0.15, 0.2) is 39.1 Å². The molecule has 1 fully saturated rings. The van der Waals surface area contributed by atoms with Gasteiger partial charge in [0.05, 0.1) is 24.2 Å². The first kappa shape index (κ1) is 21.1. The summed E-state index contributed by atoms with van der Waals surface area (Å²) in [6.45, 7) is 6.15. The van der Waals surface area contributed by atoms with Gasteiger partial charge in [-0.15, -0.1) is 0 Å². The van der Waals surface area contributed by atoms with E-state index in [1.165, 1.54) is 19.2 Å². The second-order valence-corrected chi connectivity index (χ2v) is 8.55. The van der Waals surface area contributed by atoms with Gasteiger partial charge in [-0.3, -0.25) is 4.79 Å². The number of ether oxygens (including phenoxy) is 2.